The molecule has 2 amide bonds. The SMILES string of the molecule is CCON=C(C(=O)NC1C(=O)N2C(C(=O)[O-])=C(C[n+]3ccc(CCO)cc3)CS[C@@H]12)c1nsc(N)n1. The monoisotopic (exact) mass is 533 g/mol. The molecule has 0 saturated carbocycles. The molecule has 2 aliphatic rings. The number of thioether (sulfide) groups is 1. The highest BCUT2D eigenvalue weighted by Crippen LogP contribution is 2.40. The number of rotatable bonds is 10. The fraction of sp³-hybridized carbons (Fsp3) is 0.381. The van der Waals surface area contributed by atoms with Gasteiger partial charge in [0.1, 0.15) is 18.0 Å². The first-order valence-electron chi connectivity index (χ1n) is 10.9. The number of carboxylic acid groups (broad SMARTS) is 1. The predicted molar refractivity (Wildman–Crippen MR) is 127 cm³/mol. The minimum Gasteiger partial charge on any atom is -0.543 e. The van der Waals surface area contributed by atoms with Crippen LogP contribution in [0.15, 0.2) is 41.0 Å². The summed E-state index contributed by atoms with van der Waals surface area (Å²) in [5.41, 5.74) is 6.62. The minimum atomic E-state index is -1.47. The number of nitrogens with one attached hydrogen (secondary N) is 1. The van der Waals surface area contributed by atoms with Crippen LogP contribution in [-0.2, 0) is 32.2 Å². The van der Waals surface area contributed by atoms with E-state index in [-0.39, 0.29) is 42.1 Å². The summed E-state index contributed by atoms with van der Waals surface area (Å²) in [7, 11) is 0. The number of hydrogen-bond donors (Lipinski definition) is 3. The molecule has 36 heavy (non-hydrogen) atoms. The van der Waals surface area contributed by atoms with Crippen molar-refractivity contribution in [3.8, 4) is 0 Å². The smallest absolute Gasteiger partial charge is 0.278 e. The van der Waals surface area contributed by atoms with Crippen molar-refractivity contribution in [2.75, 3.05) is 24.7 Å². The van der Waals surface area contributed by atoms with Gasteiger partial charge in [0, 0.05) is 41.6 Å². The Bertz CT molecular complexity index is 1230. The molecule has 0 bridgehead atoms. The molecule has 15 heteroatoms. The Balaban J connectivity index is 1.50. The second-order valence-corrected chi connectivity index (χ2v) is 9.66. The molecule has 2 aromatic rings. The number of nitrogen functional groups attached to an aromatic ring is 1. The van der Waals surface area contributed by atoms with Crippen LogP contribution in [0.25, 0.3) is 0 Å². The van der Waals surface area contributed by atoms with Gasteiger partial charge >= 0.3 is 0 Å². The third-order valence-electron chi connectivity index (χ3n) is 5.41. The van der Waals surface area contributed by atoms with Crippen molar-refractivity contribution in [3.05, 3.63) is 47.2 Å². The van der Waals surface area contributed by atoms with Crippen LogP contribution in [0.5, 0.6) is 0 Å². The largest absolute Gasteiger partial charge is 0.543 e. The number of aromatic nitrogens is 3. The highest BCUT2D eigenvalue weighted by molar-refractivity contribution is 8.00. The van der Waals surface area contributed by atoms with Crippen molar-refractivity contribution in [1.29, 1.82) is 0 Å². The van der Waals surface area contributed by atoms with Crippen LogP contribution < -0.4 is 20.7 Å². The fourth-order valence-corrected chi connectivity index (χ4v) is 5.53. The Morgan fingerprint density at radius 2 is 2.17 bits per heavy atom. The summed E-state index contributed by atoms with van der Waals surface area (Å²) in [5.74, 6) is -2.51. The Labute approximate surface area is 213 Å². The van der Waals surface area contributed by atoms with Gasteiger partial charge < -0.3 is 30.9 Å². The normalized spacial score (nSPS) is 19.6. The number of anilines is 1. The summed E-state index contributed by atoms with van der Waals surface area (Å²) in [4.78, 5) is 47.9. The molecule has 0 aliphatic carbocycles. The summed E-state index contributed by atoms with van der Waals surface area (Å²) in [6, 6.07) is 2.69. The number of hydrogen-bond acceptors (Lipinski definition) is 12. The zero-order valence-corrected chi connectivity index (χ0v) is 20.8. The molecule has 1 fully saturated rings. The highest BCUT2D eigenvalue weighted by Gasteiger charge is 2.53. The van der Waals surface area contributed by atoms with Gasteiger partial charge in [-0.2, -0.15) is 9.36 Å². The van der Waals surface area contributed by atoms with E-state index in [1.807, 2.05) is 12.1 Å². The van der Waals surface area contributed by atoms with Crippen LogP contribution >= 0.6 is 23.3 Å². The van der Waals surface area contributed by atoms with E-state index in [9.17, 15) is 19.5 Å². The number of aliphatic hydroxyl groups is 1. The number of nitrogens with two attached hydrogens (primary N) is 1. The molecule has 2 atom stereocenters. The molecule has 190 valence electrons. The molecule has 0 spiro atoms. The Hall–Kier alpha value is -3.56. The first-order valence-corrected chi connectivity index (χ1v) is 12.7. The van der Waals surface area contributed by atoms with Gasteiger partial charge in [-0.15, -0.1) is 11.8 Å². The first kappa shape index (κ1) is 25.5. The van der Waals surface area contributed by atoms with Gasteiger partial charge in [-0.25, -0.2) is 4.57 Å². The average molecular weight is 534 g/mol. The second kappa shape index (κ2) is 11.0. The fourth-order valence-electron chi connectivity index (χ4n) is 3.76. The number of aliphatic carboxylic acids is 1. The molecule has 13 nitrogen and oxygen atoms in total. The van der Waals surface area contributed by atoms with Crippen LogP contribution in [0.3, 0.4) is 0 Å². The lowest BCUT2D eigenvalue weighted by molar-refractivity contribution is -0.689. The quantitative estimate of drug-likeness (QED) is 0.131. The van der Waals surface area contributed by atoms with Crippen LogP contribution in [-0.4, -0.2) is 73.2 Å². The highest BCUT2D eigenvalue weighted by atomic mass is 32.2. The predicted octanol–water partition coefficient (Wildman–Crippen LogP) is -2.21. The molecule has 0 radical (unpaired) electrons. The number of nitrogens with zero attached hydrogens (tertiary/aromatic N) is 5. The van der Waals surface area contributed by atoms with E-state index < -0.39 is 29.2 Å². The average Bonchev–Trinajstić information content (AvgIpc) is 3.29. The molecule has 2 aliphatic heterocycles. The van der Waals surface area contributed by atoms with Crippen molar-refractivity contribution in [1.82, 2.24) is 19.6 Å². The van der Waals surface area contributed by atoms with Gasteiger partial charge in [0.25, 0.3) is 11.8 Å². The lowest BCUT2D eigenvalue weighted by Gasteiger charge is -2.50. The number of carbonyl (C=O) groups excluding carboxylic acids is 3. The van der Waals surface area contributed by atoms with Gasteiger partial charge in [0.05, 0.1) is 11.7 Å². The zero-order chi connectivity index (χ0) is 25.8. The van der Waals surface area contributed by atoms with Gasteiger partial charge in [0.15, 0.2) is 24.1 Å². The van der Waals surface area contributed by atoms with Crippen molar-refractivity contribution < 1.29 is 34.0 Å². The molecular weight excluding hydrogens is 510 g/mol. The third kappa shape index (κ3) is 5.17. The Morgan fingerprint density at radius 1 is 1.42 bits per heavy atom. The summed E-state index contributed by atoms with van der Waals surface area (Å²) in [5, 5.41) is 26.9. The summed E-state index contributed by atoms with van der Waals surface area (Å²) in [6.07, 6.45) is 4.08. The number of aliphatic hydroxyl groups excluding tert-OH is 1. The molecule has 1 saturated heterocycles. The molecule has 4 N–H and O–H groups in total. The lowest BCUT2D eigenvalue weighted by atomic mass is 10.0. The lowest BCUT2D eigenvalue weighted by Crippen LogP contribution is -2.71. The van der Waals surface area contributed by atoms with Crippen molar-refractivity contribution in [2.45, 2.75) is 31.3 Å². The van der Waals surface area contributed by atoms with E-state index in [0.717, 1.165) is 22.0 Å². The van der Waals surface area contributed by atoms with Crippen LogP contribution in [0, 0.1) is 0 Å². The zero-order valence-electron chi connectivity index (χ0n) is 19.1. The maximum atomic E-state index is 13.0. The molecule has 4 rings (SSSR count). The van der Waals surface area contributed by atoms with Gasteiger partial charge in [-0.3, -0.25) is 14.5 Å². The number of amides is 2. The number of carbonyl (C=O) groups is 3. The summed E-state index contributed by atoms with van der Waals surface area (Å²) < 4.78 is 5.75. The summed E-state index contributed by atoms with van der Waals surface area (Å²) >= 11 is 2.21. The maximum absolute atomic E-state index is 13.0. The van der Waals surface area contributed by atoms with Crippen molar-refractivity contribution >= 4 is 51.9 Å². The maximum Gasteiger partial charge on any atom is 0.278 e. The number of oxime groups is 1. The second-order valence-electron chi connectivity index (χ2n) is 7.77. The standard InChI is InChI=1S/C21H23N7O6S2/c1-2-34-25-13(16-24-21(22)36-26-16)17(30)23-14-18(31)28-15(20(32)33)12(10-35-19(14)28)9-27-6-3-11(4-7-27)5-8-29/h3-4,6-7,14,19,29H,2,5,8-10H2,1H3,(H3-,22,23,24,26,30,32,33)/t14?,19-/m0/s1. The Kier molecular flexibility index (Phi) is 7.81. The Morgan fingerprint density at radius 3 is 2.78 bits per heavy atom. The van der Waals surface area contributed by atoms with Crippen molar-refractivity contribution in [3.63, 3.8) is 0 Å². The number of β-lactam (4-membered cyclic amide) rings is 1. The number of fused-ring (bicyclic) bond motifs is 1. The summed E-state index contributed by atoms with van der Waals surface area (Å²) in [6.45, 7) is 2.15. The number of carboxylic acids is 1. The molecule has 4 heterocycles. The minimum absolute atomic E-state index is 0.0319. The van der Waals surface area contributed by atoms with E-state index in [0.29, 0.717) is 17.7 Å². The van der Waals surface area contributed by atoms with E-state index in [1.165, 1.54) is 11.8 Å². The van der Waals surface area contributed by atoms with E-state index >= 15 is 0 Å². The van der Waals surface area contributed by atoms with Crippen LogP contribution in [0.2, 0.25) is 0 Å². The van der Waals surface area contributed by atoms with Crippen molar-refractivity contribution in [2.24, 2.45) is 5.16 Å². The van der Waals surface area contributed by atoms with Crippen LogP contribution in [0.1, 0.15) is 18.3 Å². The molecular formula is C21H23N7O6S2. The van der Waals surface area contributed by atoms with Gasteiger partial charge in [0.2, 0.25) is 11.5 Å². The topological polar surface area (TPSA) is 187 Å². The molecule has 0 aromatic carbocycles. The van der Waals surface area contributed by atoms with E-state index in [4.69, 9.17) is 15.7 Å². The van der Waals surface area contributed by atoms with E-state index in [2.05, 4.69) is 19.8 Å². The first-order chi connectivity index (χ1) is 17.3. The van der Waals surface area contributed by atoms with E-state index in [1.54, 1.807) is 23.9 Å². The third-order valence-corrected chi connectivity index (χ3v) is 7.30. The number of pyridine rings is 1. The van der Waals surface area contributed by atoms with Crippen LogP contribution in [0.4, 0.5) is 5.13 Å². The molecule has 2 aromatic heterocycles. The van der Waals surface area contributed by atoms with Gasteiger partial charge in [-0.05, 0) is 18.9 Å². The molecule has 1 unspecified atom stereocenters. The van der Waals surface area contributed by atoms with Gasteiger partial charge in [-0.1, -0.05) is 5.16 Å².